The van der Waals surface area contributed by atoms with E-state index in [-0.39, 0.29) is 24.2 Å². The van der Waals surface area contributed by atoms with Crippen molar-refractivity contribution in [3.8, 4) is 0 Å². The fourth-order valence-corrected chi connectivity index (χ4v) is 2.79. The number of ether oxygens (including phenoxy) is 1. The van der Waals surface area contributed by atoms with E-state index in [9.17, 15) is 14.0 Å². The van der Waals surface area contributed by atoms with E-state index in [1.807, 2.05) is 30.3 Å². The largest absolute Gasteiger partial charge is 0.436 e. The molecule has 0 saturated carbocycles. The molecule has 2 aromatic rings. The zero-order valence-electron chi connectivity index (χ0n) is 13.6. The fraction of sp³-hybridized carbons (Fsp3) is 0.263. The van der Waals surface area contributed by atoms with Gasteiger partial charge in [-0.2, -0.15) is 0 Å². The Bertz CT molecular complexity index is 734. The van der Waals surface area contributed by atoms with Gasteiger partial charge in [0.2, 0.25) is 0 Å². The van der Waals surface area contributed by atoms with Gasteiger partial charge in [-0.05, 0) is 29.7 Å². The normalized spacial score (nSPS) is 19.6. The Hall–Kier alpha value is -2.73. The number of halogens is 1. The Morgan fingerprint density at radius 1 is 1.12 bits per heavy atom. The molecule has 3 rings (SSSR count). The number of benzene rings is 2. The lowest BCUT2D eigenvalue weighted by molar-refractivity contribution is -0.123. The quantitative estimate of drug-likeness (QED) is 0.874. The molecule has 5 nitrogen and oxygen atoms in total. The minimum Gasteiger partial charge on any atom is -0.436 e. The van der Waals surface area contributed by atoms with E-state index < -0.39 is 12.2 Å². The molecule has 1 aliphatic heterocycles. The number of carbonyl (C=O) groups excluding carboxylic acids is 2. The van der Waals surface area contributed by atoms with E-state index in [4.69, 9.17) is 4.74 Å². The van der Waals surface area contributed by atoms with E-state index in [1.54, 1.807) is 12.1 Å². The summed E-state index contributed by atoms with van der Waals surface area (Å²) in [7, 11) is 0. The standard InChI is InChI=1S/C19H19FN2O3/c20-15-8-6-13(7-9-15)10-16-18(17(23)12-21-16)25-19(24)22-11-14-4-2-1-3-5-14/h1-9,16,18,21H,10-12H2,(H,22,24)/t16-,18+/m1/s1. The van der Waals surface area contributed by atoms with Crippen molar-refractivity contribution < 1.29 is 18.7 Å². The first-order valence-corrected chi connectivity index (χ1v) is 8.11. The first-order chi connectivity index (χ1) is 12.1. The molecule has 6 heteroatoms. The van der Waals surface area contributed by atoms with Crippen molar-refractivity contribution in [2.45, 2.75) is 25.1 Å². The second kappa shape index (κ2) is 7.90. The van der Waals surface area contributed by atoms with Crippen molar-refractivity contribution in [3.63, 3.8) is 0 Å². The predicted octanol–water partition coefficient (Wildman–Crippen LogP) is 2.20. The molecule has 1 amide bonds. The smallest absolute Gasteiger partial charge is 0.408 e. The van der Waals surface area contributed by atoms with Crippen LogP contribution in [0.4, 0.5) is 9.18 Å². The average Bonchev–Trinajstić information content (AvgIpc) is 2.96. The highest BCUT2D eigenvalue weighted by Gasteiger charge is 2.37. The van der Waals surface area contributed by atoms with Crippen LogP contribution >= 0.6 is 0 Å². The van der Waals surface area contributed by atoms with Crippen LogP contribution in [0.3, 0.4) is 0 Å². The summed E-state index contributed by atoms with van der Waals surface area (Å²) in [6, 6.07) is 15.2. The molecule has 0 spiro atoms. The van der Waals surface area contributed by atoms with Gasteiger partial charge in [-0.25, -0.2) is 9.18 Å². The van der Waals surface area contributed by atoms with Crippen LogP contribution in [0.25, 0.3) is 0 Å². The summed E-state index contributed by atoms with van der Waals surface area (Å²) in [6.07, 6.45) is -1.00. The molecule has 0 aromatic heterocycles. The maximum absolute atomic E-state index is 13.0. The summed E-state index contributed by atoms with van der Waals surface area (Å²) >= 11 is 0. The Balaban J connectivity index is 1.56. The molecular weight excluding hydrogens is 323 g/mol. The number of rotatable bonds is 5. The number of Topliss-reactive ketones (excluding diaryl/α,β-unsaturated/α-hetero) is 1. The molecule has 0 radical (unpaired) electrons. The topological polar surface area (TPSA) is 67.4 Å². The van der Waals surface area contributed by atoms with Gasteiger partial charge in [0.15, 0.2) is 11.9 Å². The van der Waals surface area contributed by atoms with Gasteiger partial charge in [-0.15, -0.1) is 0 Å². The summed E-state index contributed by atoms with van der Waals surface area (Å²) < 4.78 is 18.3. The zero-order chi connectivity index (χ0) is 17.6. The summed E-state index contributed by atoms with van der Waals surface area (Å²) in [6.45, 7) is 0.485. The molecule has 0 unspecified atom stereocenters. The van der Waals surface area contributed by atoms with Gasteiger partial charge < -0.3 is 15.4 Å². The van der Waals surface area contributed by atoms with Gasteiger partial charge >= 0.3 is 6.09 Å². The second-order valence-electron chi connectivity index (χ2n) is 5.95. The van der Waals surface area contributed by atoms with Gasteiger partial charge in [0.25, 0.3) is 0 Å². The van der Waals surface area contributed by atoms with Crippen LogP contribution < -0.4 is 10.6 Å². The number of ketones is 1. The molecule has 0 bridgehead atoms. The van der Waals surface area contributed by atoms with Gasteiger partial charge in [-0.1, -0.05) is 42.5 Å². The van der Waals surface area contributed by atoms with Crippen molar-refractivity contribution in [1.82, 2.24) is 10.6 Å². The van der Waals surface area contributed by atoms with Crippen LogP contribution in [0.2, 0.25) is 0 Å². The van der Waals surface area contributed by atoms with Crippen LogP contribution in [-0.2, 0) is 22.5 Å². The fourth-order valence-electron chi connectivity index (χ4n) is 2.79. The van der Waals surface area contributed by atoms with E-state index in [0.29, 0.717) is 13.0 Å². The lowest BCUT2D eigenvalue weighted by atomic mass is 10.0. The summed E-state index contributed by atoms with van der Waals surface area (Å²) in [4.78, 5) is 24.0. The monoisotopic (exact) mass is 342 g/mol. The third-order valence-corrected chi connectivity index (χ3v) is 4.10. The number of carbonyl (C=O) groups is 2. The highest BCUT2D eigenvalue weighted by Crippen LogP contribution is 2.15. The summed E-state index contributed by atoms with van der Waals surface area (Å²) in [5, 5.41) is 5.70. The molecular formula is C19H19FN2O3. The first kappa shape index (κ1) is 17.1. The van der Waals surface area contributed by atoms with Crippen LogP contribution in [0.15, 0.2) is 54.6 Å². The van der Waals surface area contributed by atoms with Gasteiger partial charge in [0.05, 0.1) is 12.6 Å². The first-order valence-electron chi connectivity index (χ1n) is 8.11. The van der Waals surface area contributed by atoms with E-state index in [2.05, 4.69) is 10.6 Å². The number of hydrogen-bond donors (Lipinski definition) is 2. The minimum atomic E-state index is -0.846. The Morgan fingerprint density at radius 3 is 2.56 bits per heavy atom. The Labute approximate surface area is 145 Å². The molecule has 2 atom stereocenters. The van der Waals surface area contributed by atoms with E-state index >= 15 is 0 Å². The van der Waals surface area contributed by atoms with E-state index in [0.717, 1.165) is 11.1 Å². The molecule has 130 valence electrons. The summed E-state index contributed by atoms with van der Waals surface area (Å²) in [5.41, 5.74) is 1.81. The predicted molar refractivity (Wildman–Crippen MR) is 90.5 cm³/mol. The SMILES string of the molecule is O=C(NCc1ccccc1)O[C@@H]1C(=O)CN[C@@H]1Cc1ccc(F)cc1. The minimum absolute atomic E-state index is 0.155. The van der Waals surface area contributed by atoms with Crippen molar-refractivity contribution >= 4 is 11.9 Å². The molecule has 25 heavy (non-hydrogen) atoms. The molecule has 1 heterocycles. The lowest BCUT2D eigenvalue weighted by Gasteiger charge is -2.19. The molecule has 2 aromatic carbocycles. The Kier molecular flexibility index (Phi) is 5.40. The van der Waals surface area contributed by atoms with Crippen molar-refractivity contribution in [2.24, 2.45) is 0 Å². The third kappa shape index (κ3) is 4.64. The van der Waals surface area contributed by atoms with Crippen molar-refractivity contribution in [1.29, 1.82) is 0 Å². The summed E-state index contributed by atoms with van der Waals surface area (Å²) in [5.74, 6) is -0.478. The molecule has 1 saturated heterocycles. The van der Waals surface area contributed by atoms with Crippen LogP contribution in [0.5, 0.6) is 0 Å². The second-order valence-corrected chi connectivity index (χ2v) is 5.95. The number of hydrogen-bond acceptors (Lipinski definition) is 4. The molecule has 2 N–H and O–H groups in total. The van der Waals surface area contributed by atoms with Crippen molar-refractivity contribution in [2.75, 3.05) is 6.54 Å². The van der Waals surface area contributed by atoms with Gasteiger partial charge in [0.1, 0.15) is 5.82 Å². The Morgan fingerprint density at radius 2 is 1.84 bits per heavy atom. The number of amides is 1. The third-order valence-electron chi connectivity index (χ3n) is 4.10. The highest BCUT2D eigenvalue weighted by molar-refractivity contribution is 5.90. The van der Waals surface area contributed by atoms with E-state index in [1.165, 1.54) is 12.1 Å². The average molecular weight is 342 g/mol. The number of alkyl carbamates (subject to hydrolysis) is 1. The van der Waals surface area contributed by atoms with Crippen LogP contribution in [0.1, 0.15) is 11.1 Å². The number of nitrogens with one attached hydrogen (secondary N) is 2. The molecule has 1 fully saturated rings. The van der Waals surface area contributed by atoms with Crippen LogP contribution in [-0.4, -0.2) is 30.6 Å². The molecule has 1 aliphatic rings. The van der Waals surface area contributed by atoms with Crippen molar-refractivity contribution in [3.05, 3.63) is 71.5 Å². The molecule has 0 aliphatic carbocycles. The highest BCUT2D eigenvalue weighted by atomic mass is 19.1. The van der Waals surface area contributed by atoms with Crippen LogP contribution in [0, 0.1) is 5.82 Å². The lowest BCUT2D eigenvalue weighted by Crippen LogP contribution is -2.40. The maximum atomic E-state index is 13.0. The van der Waals surface area contributed by atoms with Gasteiger partial charge in [0, 0.05) is 6.54 Å². The maximum Gasteiger partial charge on any atom is 0.408 e. The zero-order valence-corrected chi connectivity index (χ0v) is 13.6. The van der Waals surface area contributed by atoms with Gasteiger partial charge in [-0.3, -0.25) is 4.79 Å².